The van der Waals surface area contributed by atoms with Gasteiger partial charge in [-0.1, -0.05) is 11.6 Å². The van der Waals surface area contributed by atoms with Crippen LogP contribution in [0.2, 0.25) is 5.02 Å². The van der Waals surface area contributed by atoms with Crippen LogP contribution in [0.3, 0.4) is 0 Å². The Balaban J connectivity index is 2.36. The summed E-state index contributed by atoms with van der Waals surface area (Å²) in [6.07, 6.45) is 0. The molecule has 132 valence electrons. The Bertz CT molecular complexity index is 826. The Morgan fingerprint density at radius 2 is 1.80 bits per heavy atom. The summed E-state index contributed by atoms with van der Waals surface area (Å²) in [6, 6.07) is 7.15. The number of ether oxygens (including phenoxy) is 2. The van der Waals surface area contributed by atoms with Crippen molar-refractivity contribution in [2.24, 2.45) is 0 Å². The second kappa shape index (κ2) is 7.71. The molecule has 2 rings (SSSR count). The van der Waals surface area contributed by atoms with Crippen molar-refractivity contribution in [3.63, 3.8) is 0 Å². The van der Waals surface area contributed by atoms with Crippen molar-refractivity contribution in [1.29, 1.82) is 0 Å². The van der Waals surface area contributed by atoms with E-state index < -0.39 is 10.8 Å². The van der Waals surface area contributed by atoms with Gasteiger partial charge in [0.2, 0.25) is 0 Å². The maximum Gasteiger partial charge on any atom is 0.293 e. The van der Waals surface area contributed by atoms with E-state index in [1.165, 1.54) is 44.6 Å². The highest BCUT2D eigenvalue weighted by atomic mass is 35.5. The Morgan fingerprint density at radius 1 is 1.12 bits per heavy atom. The molecule has 0 unspecified atom stereocenters. The number of benzene rings is 2. The first-order valence-electron chi connectivity index (χ1n) is 7.10. The van der Waals surface area contributed by atoms with Crippen LogP contribution in [0, 0.1) is 10.1 Å². The Labute approximate surface area is 148 Å². The topological polar surface area (TPSA) is 103 Å². The van der Waals surface area contributed by atoms with Crippen LogP contribution in [0.5, 0.6) is 11.5 Å². The summed E-state index contributed by atoms with van der Waals surface area (Å²) in [5, 5.41) is 16.7. The molecule has 1 amide bonds. The van der Waals surface area contributed by atoms with Gasteiger partial charge in [0.05, 0.1) is 29.9 Å². The molecule has 0 aliphatic heterocycles. The van der Waals surface area contributed by atoms with Gasteiger partial charge in [-0.25, -0.2) is 0 Å². The van der Waals surface area contributed by atoms with Gasteiger partial charge in [0.1, 0.15) is 17.2 Å². The van der Waals surface area contributed by atoms with Crippen molar-refractivity contribution in [2.75, 3.05) is 31.9 Å². The van der Waals surface area contributed by atoms with Crippen LogP contribution < -0.4 is 20.1 Å². The lowest BCUT2D eigenvalue weighted by atomic mass is 10.1. The Kier molecular flexibility index (Phi) is 5.66. The maximum absolute atomic E-state index is 12.4. The summed E-state index contributed by atoms with van der Waals surface area (Å²) >= 11 is 6.06. The summed E-state index contributed by atoms with van der Waals surface area (Å²) in [5.41, 5.74) is 0.555. The van der Waals surface area contributed by atoms with Crippen LogP contribution in [0.4, 0.5) is 17.1 Å². The van der Waals surface area contributed by atoms with Crippen molar-refractivity contribution < 1.29 is 19.2 Å². The number of methoxy groups -OCH3 is 2. The lowest BCUT2D eigenvalue weighted by molar-refractivity contribution is -0.384. The van der Waals surface area contributed by atoms with Crippen molar-refractivity contribution in [1.82, 2.24) is 0 Å². The molecule has 0 bridgehead atoms. The number of carbonyl (C=O) groups excluding carboxylic acids is 1. The number of halogens is 1. The molecular formula is C16H16ClN3O5. The van der Waals surface area contributed by atoms with E-state index in [1.807, 2.05) is 0 Å². The molecule has 0 radical (unpaired) electrons. The molecule has 0 heterocycles. The number of anilines is 2. The van der Waals surface area contributed by atoms with Crippen molar-refractivity contribution in [3.8, 4) is 11.5 Å². The largest absolute Gasteiger partial charge is 0.495 e. The van der Waals surface area contributed by atoms with Gasteiger partial charge in [0, 0.05) is 24.7 Å². The zero-order valence-electron chi connectivity index (χ0n) is 13.8. The Morgan fingerprint density at radius 3 is 2.36 bits per heavy atom. The molecule has 0 fully saturated rings. The fourth-order valence-corrected chi connectivity index (χ4v) is 2.43. The lowest BCUT2D eigenvalue weighted by Crippen LogP contribution is -2.13. The predicted molar refractivity (Wildman–Crippen MR) is 95.2 cm³/mol. The molecule has 0 spiro atoms. The minimum Gasteiger partial charge on any atom is -0.495 e. The highest BCUT2D eigenvalue weighted by Crippen LogP contribution is 2.36. The zero-order valence-corrected chi connectivity index (χ0v) is 14.5. The summed E-state index contributed by atoms with van der Waals surface area (Å²) in [5.74, 6) is 0.201. The van der Waals surface area contributed by atoms with Gasteiger partial charge in [0.15, 0.2) is 0 Å². The molecular weight excluding hydrogens is 350 g/mol. The first kappa shape index (κ1) is 18.3. The highest BCUT2D eigenvalue weighted by Gasteiger charge is 2.18. The smallest absolute Gasteiger partial charge is 0.293 e. The third-order valence-corrected chi connectivity index (χ3v) is 3.74. The van der Waals surface area contributed by atoms with E-state index >= 15 is 0 Å². The molecule has 2 aromatic rings. The molecule has 0 atom stereocenters. The third-order valence-electron chi connectivity index (χ3n) is 3.45. The maximum atomic E-state index is 12.4. The number of amides is 1. The third kappa shape index (κ3) is 3.92. The number of hydrogen-bond acceptors (Lipinski definition) is 6. The van der Waals surface area contributed by atoms with E-state index in [9.17, 15) is 14.9 Å². The fourth-order valence-electron chi connectivity index (χ4n) is 2.19. The number of nitro groups is 1. The van der Waals surface area contributed by atoms with E-state index in [1.54, 1.807) is 7.05 Å². The average Bonchev–Trinajstić information content (AvgIpc) is 2.61. The summed E-state index contributed by atoms with van der Waals surface area (Å²) in [7, 11) is 4.46. The van der Waals surface area contributed by atoms with E-state index in [0.29, 0.717) is 22.9 Å². The second-order valence-electron chi connectivity index (χ2n) is 4.88. The van der Waals surface area contributed by atoms with Gasteiger partial charge in [0.25, 0.3) is 11.6 Å². The van der Waals surface area contributed by atoms with Crippen LogP contribution in [-0.4, -0.2) is 32.1 Å². The second-order valence-corrected chi connectivity index (χ2v) is 5.29. The number of nitrogens with one attached hydrogen (secondary N) is 2. The van der Waals surface area contributed by atoms with Gasteiger partial charge < -0.3 is 20.1 Å². The number of rotatable bonds is 6. The molecule has 8 nitrogen and oxygen atoms in total. The average molecular weight is 366 g/mol. The number of nitrogens with zero attached hydrogens (tertiary/aromatic N) is 1. The lowest BCUT2D eigenvalue weighted by Gasteiger charge is -2.13. The summed E-state index contributed by atoms with van der Waals surface area (Å²) < 4.78 is 10.3. The van der Waals surface area contributed by atoms with E-state index in [0.717, 1.165) is 0 Å². The van der Waals surface area contributed by atoms with Crippen LogP contribution in [0.25, 0.3) is 0 Å². The van der Waals surface area contributed by atoms with Gasteiger partial charge in [-0.2, -0.15) is 0 Å². The van der Waals surface area contributed by atoms with Crippen molar-refractivity contribution in [2.45, 2.75) is 0 Å². The molecule has 2 aromatic carbocycles. The molecule has 25 heavy (non-hydrogen) atoms. The van der Waals surface area contributed by atoms with Gasteiger partial charge in [-0.3, -0.25) is 14.9 Å². The van der Waals surface area contributed by atoms with Crippen molar-refractivity contribution >= 4 is 34.6 Å². The number of carbonyl (C=O) groups is 1. The monoisotopic (exact) mass is 365 g/mol. The normalized spacial score (nSPS) is 10.1. The minimum atomic E-state index is -0.562. The highest BCUT2D eigenvalue weighted by molar-refractivity contribution is 6.32. The molecule has 0 saturated heterocycles. The molecule has 2 N–H and O–H groups in total. The predicted octanol–water partition coefficient (Wildman–Crippen LogP) is 3.56. The van der Waals surface area contributed by atoms with E-state index in [2.05, 4.69) is 10.6 Å². The molecule has 0 aromatic heterocycles. The van der Waals surface area contributed by atoms with Crippen LogP contribution in [-0.2, 0) is 0 Å². The Hall–Kier alpha value is -3.00. The number of nitro benzene ring substituents is 1. The quantitative estimate of drug-likeness (QED) is 0.599. The first-order chi connectivity index (χ1) is 11.9. The molecule has 9 heteroatoms. The van der Waals surface area contributed by atoms with Gasteiger partial charge in [-0.15, -0.1) is 0 Å². The summed E-state index contributed by atoms with van der Waals surface area (Å²) in [6.45, 7) is 0. The fraction of sp³-hybridized carbons (Fsp3) is 0.188. The van der Waals surface area contributed by atoms with E-state index in [4.69, 9.17) is 21.1 Å². The van der Waals surface area contributed by atoms with Crippen LogP contribution >= 0.6 is 11.6 Å². The van der Waals surface area contributed by atoms with Crippen LogP contribution in [0.1, 0.15) is 10.4 Å². The standard InChI is InChI=1S/C16H16ClN3O5/c1-18-11-5-4-9(6-13(11)20(22)23)16(21)19-12-7-10(17)14(24-2)8-15(12)25-3/h4-8,18H,1-3H3,(H,19,21). The van der Waals surface area contributed by atoms with Gasteiger partial charge >= 0.3 is 0 Å². The molecule has 0 aliphatic rings. The minimum absolute atomic E-state index is 0.125. The van der Waals surface area contributed by atoms with Crippen molar-refractivity contribution in [3.05, 3.63) is 51.0 Å². The molecule has 0 saturated carbocycles. The number of hydrogen-bond donors (Lipinski definition) is 2. The van der Waals surface area contributed by atoms with Gasteiger partial charge in [-0.05, 0) is 18.2 Å². The van der Waals surface area contributed by atoms with E-state index in [-0.39, 0.29) is 16.3 Å². The SMILES string of the molecule is CNc1ccc(C(=O)Nc2cc(Cl)c(OC)cc2OC)cc1[N+](=O)[O-]. The molecule has 0 aliphatic carbocycles. The first-order valence-corrected chi connectivity index (χ1v) is 7.48. The summed E-state index contributed by atoms with van der Waals surface area (Å²) in [4.78, 5) is 23.0. The zero-order chi connectivity index (χ0) is 18.6. The van der Waals surface area contributed by atoms with Crippen LogP contribution in [0.15, 0.2) is 30.3 Å².